The Labute approximate surface area is 98.2 Å². The first-order chi connectivity index (χ1) is 6.86. The third-order valence-electron chi connectivity index (χ3n) is 2.18. The van der Waals surface area contributed by atoms with Crippen molar-refractivity contribution in [2.24, 2.45) is 0 Å². The SMILES string of the molecule is CC(CO)c1cc(Br)ccc1S(C)(=O)=O. The van der Waals surface area contributed by atoms with Crippen molar-refractivity contribution in [3.8, 4) is 0 Å². The maximum absolute atomic E-state index is 11.5. The fourth-order valence-electron chi connectivity index (χ4n) is 1.34. The zero-order chi connectivity index (χ0) is 11.6. The Morgan fingerprint density at radius 2 is 2.07 bits per heavy atom. The number of aliphatic hydroxyl groups is 1. The third kappa shape index (κ3) is 3.03. The van der Waals surface area contributed by atoms with E-state index >= 15 is 0 Å². The molecule has 15 heavy (non-hydrogen) atoms. The van der Waals surface area contributed by atoms with Crippen LogP contribution in [0.4, 0.5) is 0 Å². The van der Waals surface area contributed by atoms with Crippen LogP contribution in [0.1, 0.15) is 18.4 Å². The Bertz CT molecular complexity index is 454. The second kappa shape index (κ2) is 4.63. The highest BCUT2D eigenvalue weighted by molar-refractivity contribution is 9.10. The van der Waals surface area contributed by atoms with E-state index in [-0.39, 0.29) is 17.4 Å². The van der Waals surface area contributed by atoms with E-state index < -0.39 is 9.84 Å². The van der Waals surface area contributed by atoms with Crippen LogP contribution >= 0.6 is 15.9 Å². The van der Waals surface area contributed by atoms with Gasteiger partial charge in [0, 0.05) is 23.3 Å². The van der Waals surface area contributed by atoms with Crippen molar-refractivity contribution in [1.29, 1.82) is 0 Å². The number of halogens is 1. The van der Waals surface area contributed by atoms with Crippen LogP contribution < -0.4 is 0 Å². The van der Waals surface area contributed by atoms with E-state index in [4.69, 9.17) is 5.11 Å². The van der Waals surface area contributed by atoms with Gasteiger partial charge in [-0.05, 0) is 23.8 Å². The second-order valence-corrected chi connectivity index (χ2v) is 6.44. The topological polar surface area (TPSA) is 54.4 Å². The van der Waals surface area contributed by atoms with Crippen LogP contribution in [-0.4, -0.2) is 26.4 Å². The zero-order valence-corrected chi connectivity index (χ0v) is 11.0. The van der Waals surface area contributed by atoms with Gasteiger partial charge in [-0.15, -0.1) is 0 Å². The highest BCUT2D eigenvalue weighted by Crippen LogP contribution is 2.27. The molecule has 84 valence electrons. The van der Waals surface area contributed by atoms with E-state index in [0.717, 1.165) is 4.47 Å². The molecule has 1 aromatic carbocycles. The maximum atomic E-state index is 11.5. The van der Waals surface area contributed by atoms with Gasteiger partial charge >= 0.3 is 0 Å². The normalized spacial score (nSPS) is 13.9. The summed E-state index contributed by atoms with van der Waals surface area (Å²) >= 11 is 3.28. The number of sulfone groups is 1. The number of rotatable bonds is 3. The van der Waals surface area contributed by atoms with Gasteiger partial charge in [0.05, 0.1) is 4.90 Å². The molecule has 0 aliphatic heterocycles. The zero-order valence-electron chi connectivity index (χ0n) is 8.57. The molecule has 0 spiro atoms. The summed E-state index contributed by atoms with van der Waals surface area (Å²) in [4.78, 5) is 0.284. The summed E-state index contributed by atoms with van der Waals surface area (Å²) in [7, 11) is -3.24. The van der Waals surface area contributed by atoms with Gasteiger partial charge in [0.2, 0.25) is 0 Å². The predicted molar refractivity (Wildman–Crippen MR) is 62.8 cm³/mol. The van der Waals surface area contributed by atoms with Crippen molar-refractivity contribution >= 4 is 25.8 Å². The molecule has 1 unspecified atom stereocenters. The second-order valence-electron chi connectivity index (χ2n) is 3.54. The van der Waals surface area contributed by atoms with Crippen LogP contribution in [0, 0.1) is 0 Å². The van der Waals surface area contributed by atoms with Crippen LogP contribution in [0.25, 0.3) is 0 Å². The maximum Gasteiger partial charge on any atom is 0.175 e. The Kier molecular flexibility index (Phi) is 3.92. The van der Waals surface area contributed by atoms with Gasteiger partial charge in [-0.25, -0.2) is 8.42 Å². The van der Waals surface area contributed by atoms with E-state index in [1.807, 2.05) is 0 Å². The monoisotopic (exact) mass is 292 g/mol. The predicted octanol–water partition coefficient (Wildman–Crippen LogP) is 1.95. The summed E-state index contributed by atoms with van der Waals surface area (Å²) in [6.07, 6.45) is 1.17. The summed E-state index contributed by atoms with van der Waals surface area (Å²) in [6, 6.07) is 4.97. The smallest absolute Gasteiger partial charge is 0.175 e. The van der Waals surface area contributed by atoms with E-state index in [1.165, 1.54) is 6.26 Å². The lowest BCUT2D eigenvalue weighted by Crippen LogP contribution is -2.07. The number of hydrogen-bond donors (Lipinski definition) is 1. The van der Waals surface area contributed by atoms with Gasteiger partial charge in [-0.3, -0.25) is 0 Å². The first-order valence-corrected chi connectivity index (χ1v) is 7.15. The Morgan fingerprint density at radius 3 is 2.53 bits per heavy atom. The quantitative estimate of drug-likeness (QED) is 0.926. The Hall–Kier alpha value is -0.390. The van der Waals surface area contributed by atoms with Crippen molar-refractivity contribution < 1.29 is 13.5 Å². The molecule has 1 rings (SSSR count). The number of benzene rings is 1. The van der Waals surface area contributed by atoms with E-state index in [9.17, 15) is 8.42 Å². The lowest BCUT2D eigenvalue weighted by molar-refractivity contribution is 0.271. The molecule has 0 saturated heterocycles. The fraction of sp³-hybridized carbons (Fsp3) is 0.400. The molecule has 0 fully saturated rings. The molecular weight excluding hydrogens is 280 g/mol. The van der Waals surface area contributed by atoms with Gasteiger partial charge in [-0.1, -0.05) is 22.9 Å². The van der Waals surface area contributed by atoms with Gasteiger partial charge in [0.15, 0.2) is 9.84 Å². The minimum atomic E-state index is -3.24. The molecule has 1 N–H and O–H groups in total. The van der Waals surface area contributed by atoms with Gasteiger partial charge < -0.3 is 5.11 Å². The van der Waals surface area contributed by atoms with Crippen LogP contribution in [-0.2, 0) is 9.84 Å². The Morgan fingerprint density at radius 1 is 1.47 bits per heavy atom. The molecule has 5 heteroatoms. The lowest BCUT2D eigenvalue weighted by atomic mass is 10.0. The average Bonchev–Trinajstić information content (AvgIpc) is 2.14. The molecule has 0 aromatic heterocycles. The van der Waals surface area contributed by atoms with Crippen LogP contribution in [0.2, 0.25) is 0 Å². The molecule has 0 saturated carbocycles. The summed E-state index contributed by atoms with van der Waals surface area (Å²) in [5.74, 6) is -0.188. The van der Waals surface area contributed by atoms with Gasteiger partial charge in [0.1, 0.15) is 0 Å². The molecule has 1 atom stereocenters. The van der Waals surface area contributed by atoms with Crippen molar-refractivity contribution in [1.82, 2.24) is 0 Å². The van der Waals surface area contributed by atoms with Gasteiger partial charge in [-0.2, -0.15) is 0 Å². The van der Waals surface area contributed by atoms with Crippen molar-refractivity contribution in [3.63, 3.8) is 0 Å². The molecule has 3 nitrogen and oxygen atoms in total. The largest absolute Gasteiger partial charge is 0.396 e. The standard InChI is InChI=1S/C10H13BrO3S/c1-7(6-12)9-5-8(11)3-4-10(9)15(2,13)14/h3-5,7,12H,6H2,1-2H3. The molecular formula is C10H13BrO3S. The average molecular weight is 293 g/mol. The number of hydrogen-bond acceptors (Lipinski definition) is 3. The number of aliphatic hydroxyl groups excluding tert-OH is 1. The van der Waals surface area contributed by atoms with Crippen LogP contribution in [0.5, 0.6) is 0 Å². The summed E-state index contributed by atoms with van der Waals surface area (Å²) < 4.78 is 23.8. The molecule has 0 radical (unpaired) electrons. The van der Waals surface area contributed by atoms with E-state index in [2.05, 4.69) is 15.9 Å². The summed E-state index contributed by atoms with van der Waals surface area (Å²) in [5.41, 5.74) is 0.648. The van der Waals surface area contributed by atoms with Crippen LogP contribution in [0.3, 0.4) is 0 Å². The molecule has 0 bridgehead atoms. The molecule has 0 aliphatic carbocycles. The molecule has 0 amide bonds. The van der Waals surface area contributed by atoms with Crippen LogP contribution in [0.15, 0.2) is 27.6 Å². The van der Waals surface area contributed by atoms with Crippen molar-refractivity contribution in [2.45, 2.75) is 17.7 Å². The highest BCUT2D eigenvalue weighted by atomic mass is 79.9. The first-order valence-electron chi connectivity index (χ1n) is 4.46. The first kappa shape index (κ1) is 12.7. The minimum absolute atomic E-state index is 0.0705. The van der Waals surface area contributed by atoms with E-state index in [0.29, 0.717) is 5.56 Å². The van der Waals surface area contributed by atoms with Crippen molar-refractivity contribution in [2.75, 3.05) is 12.9 Å². The van der Waals surface area contributed by atoms with Gasteiger partial charge in [0.25, 0.3) is 0 Å². The third-order valence-corrected chi connectivity index (χ3v) is 3.84. The Balaban J connectivity index is 3.40. The summed E-state index contributed by atoms with van der Waals surface area (Å²) in [6.45, 7) is 1.72. The molecule has 1 aromatic rings. The lowest BCUT2D eigenvalue weighted by Gasteiger charge is -2.13. The fourth-order valence-corrected chi connectivity index (χ4v) is 2.72. The molecule has 0 heterocycles. The summed E-state index contributed by atoms with van der Waals surface area (Å²) in [5, 5.41) is 9.06. The van der Waals surface area contributed by atoms with Crippen molar-refractivity contribution in [3.05, 3.63) is 28.2 Å². The minimum Gasteiger partial charge on any atom is -0.396 e. The molecule has 0 aliphatic rings. The highest BCUT2D eigenvalue weighted by Gasteiger charge is 2.17. The van der Waals surface area contributed by atoms with E-state index in [1.54, 1.807) is 25.1 Å².